The highest BCUT2D eigenvalue weighted by molar-refractivity contribution is 5.96. The summed E-state index contributed by atoms with van der Waals surface area (Å²) in [5.74, 6) is -1.06. The van der Waals surface area contributed by atoms with Gasteiger partial charge in [-0.2, -0.15) is 0 Å². The first-order valence-electron chi connectivity index (χ1n) is 15.1. The minimum absolute atomic E-state index is 0.0806. The number of nitrogens with zero attached hydrogens (tertiary/aromatic N) is 1. The normalized spacial score (nSPS) is 15.6. The molecule has 1 aliphatic heterocycles. The SMILES string of the molecule is CCOC(=O)C1=C(C)N(Cc2cccc(C(=O)NC(Cc3ccccc3)c3ccccc3)c2)C(=O)CC1c1ccc(C)cc1. The molecule has 5 rings (SSSR count). The standard InChI is InChI=1S/C38H38N2O4/c1-4-44-38(43)36-27(3)40(35(41)24-33(36)30-20-18-26(2)19-21-30)25-29-14-11-17-32(22-29)37(42)39-34(31-15-9-6-10-16-31)23-28-12-7-5-8-13-28/h5-22,33-34H,4,23-25H2,1-3H3,(H,39,42). The largest absolute Gasteiger partial charge is 0.463 e. The maximum absolute atomic E-state index is 13.6. The molecule has 224 valence electrons. The molecule has 1 heterocycles. The molecule has 1 aliphatic rings. The molecule has 1 N–H and O–H groups in total. The van der Waals surface area contributed by atoms with Crippen LogP contribution in [0, 0.1) is 6.92 Å². The topological polar surface area (TPSA) is 75.7 Å². The molecule has 6 nitrogen and oxygen atoms in total. The summed E-state index contributed by atoms with van der Waals surface area (Å²) >= 11 is 0. The maximum Gasteiger partial charge on any atom is 0.336 e. The van der Waals surface area contributed by atoms with E-state index in [9.17, 15) is 14.4 Å². The van der Waals surface area contributed by atoms with E-state index in [1.165, 1.54) is 0 Å². The van der Waals surface area contributed by atoms with Crippen molar-refractivity contribution >= 4 is 17.8 Å². The molecule has 6 heteroatoms. The van der Waals surface area contributed by atoms with Gasteiger partial charge in [0.25, 0.3) is 5.91 Å². The van der Waals surface area contributed by atoms with E-state index in [4.69, 9.17) is 4.74 Å². The molecular weight excluding hydrogens is 548 g/mol. The summed E-state index contributed by atoms with van der Waals surface area (Å²) < 4.78 is 5.44. The number of ether oxygens (including phenoxy) is 1. The Kier molecular flexibility index (Phi) is 9.70. The van der Waals surface area contributed by atoms with Crippen molar-refractivity contribution in [3.8, 4) is 0 Å². The van der Waals surface area contributed by atoms with Gasteiger partial charge >= 0.3 is 5.97 Å². The molecule has 0 aromatic heterocycles. The molecule has 0 aliphatic carbocycles. The predicted octanol–water partition coefficient (Wildman–Crippen LogP) is 7.06. The minimum Gasteiger partial charge on any atom is -0.463 e. The first kappa shape index (κ1) is 30.5. The first-order chi connectivity index (χ1) is 21.3. The van der Waals surface area contributed by atoms with E-state index in [2.05, 4.69) is 17.4 Å². The molecule has 0 radical (unpaired) electrons. The molecule has 4 aromatic carbocycles. The zero-order valence-electron chi connectivity index (χ0n) is 25.5. The van der Waals surface area contributed by atoms with Crippen LogP contribution in [0.2, 0.25) is 0 Å². The summed E-state index contributed by atoms with van der Waals surface area (Å²) in [4.78, 5) is 41.9. The van der Waals surface area contributed by atoms with Crippen LogP contribution in [0.1, 0.15) is 70.4 Å². The molecule has 0 fully saturated rings. The summed E-state index contributed by atoms with van der Waals surface area (Å²) in [6.45, 7) is 6.07. The Morgan fingerprint density at radius 1 is 0.864 bits per heavy atom. The van der Waals surface area contributed by atoms with Crippen molar-refractivity contribution in [3.63, 3.8) is 0 Å². The second-order valence-electron chi connectivity index (χ2n) is 11.2. The fraction of sp³-hybridized carbons (Fsp3) is 0.237. The molecule has 2 unspecified atom stereocenters. The highest BCUT2D eigenvalue weighted by atomic mass is 16.5. The Labute approximate surface area is 259 Å². The summed E-state index contributed by atoms with van der Waals surface area (Å²) in [7, 11) is 0. The third kappa shape index (κ3) is 7.14. The van der Waals surface area contributed by atoms with E-state index in [-0.39, 0.29) is 43.3 Å². The van der Waals surface area contributed by atoms with Gasteiger partial charge in [0.15, 0.2) is 0 Å². The average Bonchev–Trinajstić information content (AvgIpc) is 3.04. The van der Waals surface area contributed by atoms with Gasteiger partial charge < -0.3 is 15.0 Å². The Hall–Kier alpha value is -4.97. The molecule has 44 heavy (non-hydrogen) atoms. The minimum atomic E-state index is -0.411. The van der Waals surface area contributed by atoms with Crippen molar-refractivity contribution in [2.24, 2.45) is 0 Å². The van der Waals surface area contributed by atoms with Crippen LogP contribution >= 0.6 is 0 Å². The van der Waals surface area contributed by atoms with E-state index < -0.39 is 5.97 Å². The third-order valence-corrected chi connectivity index (χ3v) is 8.12. The number of amides is 2. The zero-order valence-corrected chi connectivity index (χ0v) is 25.5. The highest BCUT2D eigenvalue weighted by Gasteiger charge is 2.37. The van der Waals surface area contributed by atoms with Crippen LogP contribution in [0.3, 0.4) is 0 Å². The van der Waals surface area contributed by atoms with Gasteiger partial charge in [-0.25, -0.2) is 4.79 Å². The number of allylic oxidation sites excluding steroid dienone is 1. The molecule has 0 spiro atoms. The number of esters is 1. The Morgan fingerprint density at radius 3 is 2.20 bits per heavy atom. The molecule has 0 bridgehead atoms. The number of carbonyl (C=O) groups is 3. The first-order valence-corrected chi connectivity index (χ1v) is 15.1. The van der Waals surface area contributed by atoms with Gasteiger partial charge in [-0.05, 0) is 61.6 Å². The Bertz CT molecular complexity index is 1650. The van der Waals surface area contributed by atoms with Crippen LogP contribution in [-0.4, -0.2) is 29.3 Å². The van der Waals surface area contributed by atoms with Crippen molar-refractivity contribution in [1.82, 2.24) is 10.2 Å². The van der Waals surface area contributed by atoms with Crippen LogP contribution in [0.4, 0.5) is 0 Å². The summed E-state index contributed by atoms with van der Waals surface area (Å²) in [6.07, 6.45) is 0.814. The van der Waals surface area contributed by atoms with Gasteiger partial charge in [-0.15, -0.1) is 0 Å². The molecule has 4 aromatic rings. The number of hydrogen-bond donors (Lipinski definition) is 1. The van der Waals surface area contributed by atoms with E-state index in [1.807, 2.05) is 97.9 Å². The smallest absolute Gasteiger partial charge is 0.336 e. The van der Waals surface area contributed by atoms with Crippen LogP contribution in [0.15, 0.2) is 120 Å². The zero-order chi connectivity index (χ0) is 31.1. The number of benzene rings is 4. The third-order valence-electron chi connectivity index (χ3n) is 8.12. The van der Waals surface area contributed by atoms with Gasteiger partial charge in [-0.1, -0.05) is 103 Å². The van der Waals surface area contributed by atoms with Crippen LogP contribution in [0.25, 0.3) is 0 Å². The lowest BCUT2D eigenvalue weighted by atomic mass is 9.83. The second-order valence-corrected chi connectivity index (χ2v) is 11.2. The van der Waals surface area contributed by atoms with E-state index >= 15 is 0 Å². The van der Waals surface area contributed by atoms with E-state index in [0.717, 1.165) is 27.8 Å². The van der Waals surface area contributed by atoms with Crippen molar-refractivity contribution < 1.29 is 19.1 Å². The van der Waals surface area contributed by atoms with E-state index in [0.29, 0.717) is 23.3 Å². The van der Waals surface area contributed by atoms with Crippen LogP contribution in [-0.2, 0) is 27.3 Å². The predicted molar refractivity (Wildman–Crippen MR) is 172 cm³/mol. The fourth-order valence-corrected chi connectivity index (χ4v) is 5.78. The van der Waals surface area contributed by atoms with E-state index in [1.54, 1.807) is 24.8 Å². The summed E-state index contributed by atoms with van der Waals surface area (Å²) in [5.41, 5.74) is 6.54. The monoisotopic (exact) mass is 586 g/mol. The lowest BCUT2D eigenvalue weighted by molar-refractivity contribution is -0.140. The van der Waals surface area contributed by atoms with Gasteiger partial charge in [0.2, 0.25) is 5.91 Å². The molecule has 2 atom stereocenters. The van der Waals surface area contributed by atoms with Gasteiger partial charge in [-0.3, -0.25) is 9.59 Å². The molecule has 0 saturated carbocycles. The Balaban J connectivity index is 1.39. The molecular formula is C38H38N2O4. The lowest BCUT2D eigenvalue weighted by Gasteiger charge is -2.34. The number of hydrogen-bond acceptors (Lipinski definition) is 4. The summed E-state index contributed by atoms with van der Waals surface area (Å²) in [5, 5.41) is 3.22. The molecule has 2 amide bonds. The van der Waals surface area contributed by atoms with Crippen molar-refractivity contribution in [3.05, 3.63) is 154 Å². The van der Waals surface area contributed by atoms with Crippen LogP contribution in [0.5, 0.6) is 0 Å². The van der Waals surface area contributed by atoms with Crippen molar-refractivity contribution in [1.29, 1.82) is 0 Å². The lowest BCUT2D eigenvalue weighted by Crippen LogP contribution is -2.38. The Morgan fingerprint density at radius 2 is 1.52 bits per heavy atom. The number of carbonyl (C=O) groups excluding carboxylic acids is 3. The van der Waals surface area contributed by atoms with Gasteiger partial charge in [0.05, 0.1) is 24.8 Å². The fourth-order valence-electron chi connectivity index (χ4n) is 5.78. The average molecular weight is 587 g/mol. The maximum atomic E-state index is 13.6. The highest BCUT2D eigenvalue weighted by Crippen LogP contribution is 2.38. The molecule has 0 saturated heterocycles. The summed E-state index contributed by atoms with van der Waals surface area (Å²) in [6, 6.07) is 35.1. The van der Waals surface area contributed by atoms with Gasteiger partial charge in [0.1, 0.15) is 0 Å². The van der Waals surface area contributed by atoms with Crippen molar-refractivity contribution in [2.45, 2.75) is 52.1 Å². The van der Waals surface area contributed by atoms with Gasteiger partial charge in [0, 0.05) is 23.6 Å². The number of rotatable bonds is 10. The van der Waals surface area contributed by atoms with Crippen LogP contribution < -0.4 is 5.32 Å². The number of nitrogens with one attached hydrogen (secondary N) is 1. The number of aryl methyl sites for hydroxylation is 1. The van der Waals surface area contributed by atoms with Crippen molar-refractivity contribution in [2.75, 3.05) is 6.61 Å². The second kappa shape index (κ2) is 14.0. The quantitative estimate of drug-likeness (QED) is 0.202.